The maximum Gasteiger partial charge on any atom is 0.513 e. The van der Waals surface area contributed by atoms with Gasteiger partial charge in [-0.3, -0.25) is 19.7 Å². The van der Waals surface area contributed by atoms with E-state index < -0.39 is 30.7 Å². The number of nitro groups is 1. The van der Waals surface area contributed by atoms with Crippen LogP contribution < -0.4 is 14.1 Å². The molecule has 0 fully saturated rings. The highest BCUT2D eigenvalue weighted by Gasteiger charge is 2.34. The number of para-hydroxylation sites is 1. The summed E-state index contributed by atoms with van der Waals surface area (Å²) in [5.41, 5.74) is 0.383. The second kappa shape index (κ2) is 12.7. The number of esters is 2. The Kier molecular flexibility index (Phi) is 10.0. The van der Waals surface area contributed by atoms with Gasteiger partial charge in [0.25, 0.3) is 5.69 Å². The summed E-state index contributed by atoms with van der Waals surface area (Å²) in [6, 6.07) is 10.4. The van der Waals surface area contributed by atoms with E-state index in [9.17, 15) is 24.3 Å². The number of nitrogens with zero attached hydrogens (tertiary/aromatic N) is 1. The van der Waals surface area contributed by atoms with Crippen molar-refractivity contribution in [1.29, 1.82) is 0 Å². The van der Waals surface area contributed by atoms with Gasteiger partial charge in [0.1, 0.15) is 17.5 Å². The summed E-state index contributed by atoms with van der Waals surface area (Å²) in [7, 11) is -4.26. The third kappa shape index (κ3) is 8.17. The van der Waals surface area contributed by atoms with Crippen LogP contribution in [0.1, 0.15) is 32.8 Å². The number of rotatable bonds is 13. The third-order valence-corrected chi connectivity index (χ3v) is 5.95. The highest BCUT2D eigenvalue weighted by Crippen LogP contribution is 2.46. The molecule has 2 aromatic carbocycles. The van der Waals surface area contributed by atoms with E-state index in [1.807, 2.05) is 0 Å². The van der Waals surface area contributed by atoms with Crippen LogP contribution in [0.4, 0.5) is 5.69 Å². The quantitative estimate of drug-likeness (QED) is 0.186. The first-order valence-corrected chi connectivity index (χ1v) is 12.1. The highest BCUT2D eigenvalue weighted by molar-refractivity contribution is 7.52. The fraction of sp³-hybridized carbons (Fsp3) is 0.364. The van der Waals surface area contributed by atoms with E-state index in [1.165, 1.54) is 31.2 Å². The molecule has 0 saturated heterocycles. The Labute approximate surface area is 197 Å². The zero-order valence-corrected chi connectivity index (χ0v) is 20.0. The lowest BCUT2D eigenvalue weighted by Gasteiger charge is -2.24. The van der Waals surface area contributed by atoms with Gasteiger partial charge in [-0.05, 0) is 51.0 Å². The molecule has 12 heteroatoms. The maximum absolute atomic E-state index is 13.7. The lowest BCUT2D eigenvalue weighted by molar-refractivity contribution is -0.384. The summed E-state index contributed by atoms with van der Waals surface area (Å²) in [6.07, 6.45) is 0.328. The molecule has 0 amide bonds. The Morgan fingerprint density at radius 3 is 2.29 bits per heavy atom. The minimum atomic E-state index is -4.26. The van der Waals surface area contributed by atoms with Gasteiger partial charge in [-0.2, -0.15) is 5.09 Å². The molecule has 34 heavy (non-hydrogen) atoms. The van der Waals surface area contributed by atoms with E-state index in [1.54, 1.807) is 38.1 Å². The normalized spacial score (nSPS) is 13.3. The molecule has 0 aliphatic carbocycles. The largest absolute Gasteiger partial charge is 0.513 e. The maximum atomic E-state index is 13.7. The Morgan fingerprint density at radius 2 is 1.68 bits per heavy atom. The first-order chi connectivity index (χ1) is 16.2. The zero-order valence-electron chi connectivity index (χ0n) is 19.1. The molecule has 0 saturated carbocycles. The van der Waals surface area contributed by atoms with Crippen molar-refractivity contribution in [2.45, 2.75) is 39.7 Å². The second-order valence-corrected chi connectivity index (χ2v) is 8.56. The van der Waals surface area contributed by atoms with E-state index in [0.717, 1.165) is 0 Å². The van der Waals surface area contributed by atoms with Gasteiger partial charge < -0.3 is 18.5 Å². The number of carbonyl (C=O) groups excluding carboxylic acids is 2. The molecule has 2 atom stereocenters. The van der Waals surface area contributed by atoms with Gasteiger partial charge in [0.05, 0.1) is 18.1 Å². The van der Waals surface area contributed by atoms with Crippen LogP contribution in [-0.4, -0.2) is 36.1 Å². The number of aryl methyl sites for hydroxylation is 1. The average molecular weight is 494 g/mol. The van der Waals surface area contributed by atoms with Gasteiger partial charge in [-0.25, -0.2) is 4.57 Å². The van der Waals surface area contributed by atoms with Crippen LogP contribution in [0.15, 0.2) is 48.5 Å². The predicted molar refractivity (Wildman–Crippen MR) is 123 cm³/mol. The van der Waals surface area contributed by atoms with E-state index in [0.29, 0.717) is 5.56 Å². The SMILES string of the molecule is CCOC(=O)CCc1ccccc1O[P@@](=O)(N[C@@H](C)C(=O)OCC)Oc1ccc([N+](=O)[O-])cc1. The second-order valence-electron chi connectivity index (χ2n) is 6.95. The Bertz CT molecular complexity index is 1040. The molecule has 0 aliphatic rings. The van der Waals surface area contributed by atoms with Gasteiger partial charge >= 0.3 is 19.7 Å². The van der Waals surface area contributed by atoms with Gasteiger partial charge in [0.15, 0.2) is 0 Å². The zero-order chi connectivity index (χ0) is 25.1. The smallest absolute Gasteiger partial charge is 0.466 e. The van der Waals surface area contributed by atoms with E-state index in [2.05, 4.69) is 5.09 Å². The fourth-order valence-corrected chi connectivity index (χ4v) is 4.35. The molecule has 1 N–H and O–H groups in total. The minimum absolute atomic E-state index is 0.0153. The Balaban J connectivity index is 2.31. The van der Waals surface area contributed by atoms with Crippen LogP contribution in [0, 0.1) is 10.1 Å². The topological polar surface area (TPSA) is 143 Å². The van der Waals surface area contributed by atoms with Gasteiger partial charge in [0, 0.05) is 18.6 Å². The highest BCUT2D eigenvalue weighted by atomic mass is 31.2. The summed E-state index contributed by atoms with van der Waals surface area (Å²) < 4.78 is 34.9. The van der Waals surface area contributed by atoms with Gasteiger partial charge in [-0.15, -0.1) is 0 Å². The Hall–Kier alpha value is -3.43. The molecule has 2 rings (SSSR count). The van der Waals surface area contributed by atoms with Gasteiger partial charge in [0.2, 0.25) is 0 Å². The van der Waals surface area contributed by atoms with Crippen molar-refractivity contribution < 1.29 is 37.6 Å². The lowest BCUT2D eigenvalue weighted by Crippen LogP contribution is -2.35. The standard InChI is InChI=1S/C22H27N2O9P/c1-4-30-21(25)15-10-17-8-6-7-9-20(17)33-34(29,23-16(3)22(26)31-5-2)32-19-13-11-18(12-14-19)24(27)28/h6-9,11-14,16H,4-5,10,15H2,1-3H3,(H,23,29)/t16-,34+/m0/s1. The Morgan fingerprint density at radius 1 is 1.03 bits per heavy atom. The van der Waals surface area contributed by atoms with Crippen LogP contribution in [0.25, 0.3) is 0 Å². The van der Waals surface area contributed by atoms with E-state index in [-0.39, 0.29) is 43.2 Å². The lowest BCUT2D eigenvalue weighted by atomic mass is 10.1. The average Bonchev–Trinajstić information content (AvgIpc) is 2.79. The third-order valence-electron chi connectivity index (χ3n) is 4.36. The number of ether oxygens (including phenoxy) is 2. The molecule has 0 bridgehead atoms. The molecule has 0 radical (unpaired) electrons. The van der Waals surface area contributed by atoms with Crippen molar-refractivity contribution in [2.24, 2.45) is 0 Å². The predicted octanol–water partition coefficient (Wildman–Crippen LogP) is 4.20. The number of hydrogen-bond acceptors (Lipinski definition) is 9. The molecule has 0 heterocycles. The van der Waals surface area contributed by atoms with Crippen molar-refractivity contribution in [2.75, 3.05) is 13.2 Å². The van der Waals surface area contributed by atoms with Gasteiger partial charge in [-0.1, -0.05) is 18.2 Å². The minimum Gasteiger partial charge on any atom is -0.466 e. The summed E-state index contributed by atoms with van der Waals surface area (Å²) in [5.74, 6) is -0.881. The van der Waals surface area contributed by atoms with Crippen LogP contribution in [-0.2, 0) is 30.0 Å². The van der Waals surface area contributed by atoms with E-state index >= 15 is 0 Å². The molecule has 11 nitrogen and oxygen atoms in total. The molecule has 0 unspecified atom stereocenters. The summed E-state index contributed by atoms with van der Waals surface area (Å²) in [5, 5.41) is 13.4. The first kappa shape index (κ1) is 26.8. The molecular weight excluding hydrogens is 467 g/mol. The van der Waals surface area contributed by atoms with Crippen molar-refractivity contribution in [3.8, 4) is 11.5 Å². The number of hydrogen-bond donors (Lipinski definition) is 1. The van der Waals surface area contributed by atoms with Crippen LogP contribution in [0.3, 0.4) is 0 Å². The van der Waals surface area contributed by atoms with E-state index in [4.69, 9.17) is 18.5 Å². The summed E-state index contributed by atoms with van der Waals surface area (Å²) in [4.78, 5) is 34.2. The monoisotopic (exact) mass is 494 g/mol. The summed E-state index contributed by atoms with van der Waals surface area (Å²) >= 11 is 0. The van der Waals surface area contributed by atoms with Crippen molar-refractivity contribution in [3.05, 3.63) is 64.2 Å². The number of nitro benzene ring substituents is 1. The molecule has 0 aromatic heterocycles. The number of benzene rings is 2. The molecular formula is C22H27N2O9P. The number of carbonyl (C=O) groups is 2. The first-order valence-electron chi connectivity index (χ1n) is 10.6. The van der Waals surface area contributed by atoms with Crippen molar-refractivity contribution in [1.82, 2.24) is 5.09 Å². The van der Waals surface area contributed by atoms with Crippen LogP contribution in [0.5, 0.6) is 11.5 Å². The van der Waals surface area contributed by atoms with Crippen LogP contribution in [0.2, 0.25) is 0 Å². The molecule has 0 spiro atoms. The molecule has 2 aromatic rings. The van der Waals surface area contributed by atoms with Crippen LogP contribution >= 0.6 is 7.75 Å². The van der Waals surface area contributed by atoms with Crippen molar-refractivity contribution in [3.63, 3.8) is 0 Å². The summed E-state index contributed by atoms with van der Waals surface area (Å²) in [6.45, 7) is 5.14. The number of non-ortho nitro benzene ring substituents is 1. The van der Waals surface area contributed by atoms with Crippen molar-refractivity contribution >= 4 is 25.4 Å². The molecule has 184 valence electrons. The molecule has 0 aliphatic heterocycles. The number of nitrogens with one attached hydrogen (secondary N) is 1. The fourth-order valence-electron chi connectivity index (χ4n) is 2.79.